The standard InChI is InChI=1S/C14H23N5O/c1-3-6-20-14-18-12(15-2)17-13(19-14)16-11-8-9-4-5-10(11)7-9/h9-11H,3-8H2,1-2H3,(H2,15,16,17,18,19). The summed E-state index contributed by atoms with van der Waals surface area (Å²) in [6, 6.07) is 0.914. The number of rotatable bonds is 6. The van der Waals surface area contributed by atoms with E-state index in [1.54, 1.807) is 7.05 Å². The van der Waals surface area contributed by atoms with Gasteiger partial charge in [0.25, 0.3) is 0 Å². The first-order chi connectivity index (χ1) is 9.78. The van der Waals surface area contributed by atoms with Crippen molar-refractivity contribution in [1.82, 2.24) is 15.0 Å². The summed E-state index contributed by atoms with van der Waals surface area (Å²) >= 11 is 0. The topological polar surface area (TPSA) is 72.0 Å². The van der Waals surface area contributed by atoms with Gasteiger partial charge in [-0.05, 0) is 37.5 Å². The average Bonchev–Trinajstić information content (AvgIpc) is 3.07. The van der Waals surface area contributed by atoms with E-state index in [4.69, 9.17) is 4.74 Å². The van der Waals surface area contributed by atoms with Crippen molar-refractivity contribution in [3.8, 4) is 6.01 Å². The van der Waals surface area contributed by atoms with Crippen LogP contribution in [0, 0.1) is 11.8 Å². The van der Waals surface area contributed by atoms with Crippen LogP contribution in [-0.2, 0) is 0 Å². The van der Waals surface area contributed by atoms with Gasteiger partial charge in [0.05, 0.1) is 6.61 Å². The number of aromatic nitrogens is 3. The molecule has 0 radical (unpaired) electrons. The summed E-state index contributed by atoms with van der Waals surface area (Å²) in [5.41, 5.74) is 0. The Labute approximate surface area is 119 Å². The van der Waals surface area contributed by atoms with Gasteiger partial charge in [0.15, 0.2) is 0 Å². The average molecular weight is 277 g/mol. The maximum atomic E-state index is 5.52. The molecule has 0 aliphatic heterocycles. The van der Waals surface area contributed by atoms with E-state index in [2.05, 4.69) is 32.5 Å². The molecule has 2 fully saturated rings. The maximum absolute atomic E-state index is 5.52. The number of fused-ring (bicyclic) bond motifs is 2. The summed E-state index contributed by atoms with van der Waals surface area (Å²) in [4.78, 5) is 13.0. The minimum atomic E-state index is 0.400. The smallest absolute Gasteiger partial charge is 0.323 e. The highest BCUT2D eigenvalue weighted by molar-refractivity contribution is 5.36. The molecule has 110 valence electrons. The van der Waals surface area contributed by atoms with E-state index >= 15 is 0 Å². The molecular weight excluding hydrogens is 254 g/mol. The van der Waals surface area contributed by atoms with Gasteiger partial charge in [0, 0.05) is 13.1 Å². The molecule has 0 amide bonds. The van der Waals surface area contributed by atoms with Gasteiger partial charge in [0.1, 0.15) is 0 Å². The molecule has 6 nitrogen and oxygen atoms in total. The summed E-state index contributed by atoms with van der Waals surface area (Å²) in [5.74, 6) is 2.87. The Morgan fingerprint density at radius 3 is 2.65 bits per heavy atom. The van der Waals surface area contributed by atoms with E-state index in [1.165, 1.54) is 25.7 Å². The van der Waals surface area contributed by atoms with Crippen molar-refractivity contribution in [2.75, 3.05) is 24.3 Å². The summed E-state index contributed by atoms with van der Waals surface area (Å²) in [5, 5.41) is 6.44. The van der Waals surface area contributed by atoms with E-state index < -0.39 is 0 Å². The predicted octanol–water partition coefficient (Wildman–Crippen LogP) is 2.30. The molecule has 6 heteroatoms. The summed E-state index contributed by atoms with van der Waals surface area (Å²) in [6.45, 7) is 2.69. The van der Waals surface area contributed by atoms with Gasteiger partial charge in [-0.1, -0.05) is 13.3 Å². The van der Waals surface area contributed by atoms with E-state index in [1.807, 2.05) is 0 Å². The van der Waals surface area contributed by atoms with Crippen LogP contribution in [0.15, 0.2) is 0 Å². The van der Waals surface area contributed by atoms with E-state index in [-0.39, 0.29) is 0 Å². The first-order valence-corrected chi connectivity index (χ1v) is 7.61. The molecule has 1 aromatic rings. The molecule has 3 atom stereocenters. The number of nitrogens with one attached hydrogen (secondary N) is 2. The molecule has 2 N–H and O–H groups in total. The molecule has 2 saturated carbocycles. The maximum Gasteiger partial charge on any atom is 0.323 e. The number of anilines is 2. The first kappa shape index (κ1) is 13.4. The van der Waals surface area contributed by atoms with Crippen LogP contribution in [-0.4, -0.2) is 34.6 Å². The zero-order valence-corrected chi connectivity index (χ0v) is 12.2. The highest BCUT2D eigenvalue weighted by atomic mass is 16.5. The lowest BCUT2D eigenvalue weighted by Crippen LogP contribution is -2.27. The van der Waals surface area contributed by atoms with Gasteiger partial charge < -0.3 is 15.4 Å². The molecule has 3 rings (SSSR count). The Morgan fingerprint density at radius 2 is 2.00 bits per heavy atom. The van der Waals surface area contributed by atoms with E-state index in [9.17, 15) is 0 Å². The number of nitrogens with zero attached hydrogens (tertiary/aromatic N) is 3. The molecule has 1 aromatic heterocycles. The second-order valence-corrected chi connectivity index (χ2v) is 5.79. The Bertz CT molecular complexity index is 467. The molecule has 20 heavy (non-hydrogen) atoms. The lowest BCUT2D eigenvalue weighted by atomic mass is 9.95. The van der Waals surface area contributed by atoms with Crippen LogP contribution in [0.4, 0.5) is 11.9 Å². The first-order valence-electron chi connectivity index (χ1n) is 7.61. The minimum absolute atomic E-state index is 0.400. The fraction of sp³-hybridized carbons (Fsp3) is 0.786. The normalized spacial score (nSPS) is 27.6. The number of ether oxygens (including phenoxy) is 1. The van der Waals surface area contributed by atoms with Gasteiger partial charge in [0.2, 0.25) is 11.9 Å². The third kappa shape index (κ3) is 2.78. The molecule has 0 spiro atoms. The molecule has 0 saturated heterocycles. The van der Waals surface area contributed by atoms with Crippen molar-refractivity contribution >= 4 is 11.9 Å². The predicted molar refractivity (Wildman–Crippen MR) is 78.0 cm³/mol. The molecule has 2 bridgehead atoms. The van der Waals surface area contributed by atoms with Crippen LogP contribution >= 0.6 is 0 Å². The van der Waals surface area contributed by atoms with Crippen LogP contribution < -0.4 is 15.4 Å². The Kier molecular flexibility index (Phi) is 3.89. The number of hydrogen-bond acceptors (Lipinski definition) is 6. The van der Waals surface area contributed by atoms with Crippen LogP contribution in [0.25, 0.3) is 0 Å². The minimum Gasteiger partial charge on any atom is -0.463 e. The van der Waals surface area contributed by atoms with Gasteiger partial charge in [-0.3, -0.25) is 0 Å². The molecule has 2 aliphatic carbocycles. The Balaban J connectivity index is 1.71. The second-order valence-electron chi connectivity index (χ2n) is 5.79. The summed E-state index contributed by atoms with van der Waals surface area (Å²) in [6.07, 6.45) is 6.28. The molecule has 1 heterocycles. The zero-order valence-electron chi connectivity index (χ0n) is 12.2. The third-order valence-corrected chi connectivity index (χ3v) is 4.33. The fourth-order valence-corrected chi connectivity index (χ4v) is 3.38. The molecule has 2 aliphatic rings. The van der Waals surface area contributed by atoms with Crippen LogP contribution in [0.1, 0.15) is 39.0 Å². The Morgan fingerprint density at radius 1 is 1.15 bits per heavy atom. The van der Waals surface area contributed by atoms with Crippen molar-refractivity contribution in [1.29, 1.82) is 0 Å². The van der Waals surface area contributed by atoms with E-state index in [0.29, 0.717) is 30.6 Å². The SMILES string of the molecule is CCCOc1nc(NC)nc(NC2CC3CCC2C3)n1. The van der Waals surface area contributed by atoms with Crippen LogP contribution in [0.2, 0.25) is 0 Å². The quantitative estimate of drug-likeness (QED) is 0.831. The third-order valence-electron chi connectivity index (χ3n) is 4.33. The van der Waals surface area contributed by atoms with E-state index in [0.717, 1.165) is 18.3 Å². The van der Waals surface area contributed by atoms with Gasteiger partial charge in [-0.2, -0.15) is 15.0 Å². The van der Waals surface area contributed by atoms with Gasteiger partial charge in [-0.15, -0.1) is 0 Å². The molecular formula is C14H23N5O. The van der Waals surface area contributed by atoms with Crippen molar-refractivity contribution in [2.24, 2.45) is 11.8 Å². The molecule has 0 aromatic carbocycles. The zero-order chi connectivity index (χ0) is 13.9. The number of hydrogen-bond donors (Lipinski definition) is 2. The van der Waals surface area contributed by atoms with Gasteiger partial charge >= 0.3 is 6.01 Å². The van der Waals surface area contributed by atoms with Crippen molar-refractivity contribution in [3.63, 3.8) is 0 Å². The van der Waals surface area contributed by atoms with Crippen molar-refractivity contribution in [2.45, 2.75) is 45.1 Å². The second kappa shape index (κ2) is 5.81. The molecule has 3 unspecified atom stereocenters. The van der Waals surface area contributed by atoms with Crippen LogP contribution in [0.5, 0.6) is 6.01 Å². The van der Waals surface area contributed by atoms with Crippen LogP contribution in [0.3, 0.4) is 0 Å². The monoisotopic (exact) mass is 277 g/mol. The highest BCUT2D eigenvalue weighted by Gasteiger charge is 2.39. The Hall–Kier alpha value is -1.59. The highest BCUT2D eigenvalue weighted by Crippen LogP contribution is 2.45. The van der Waals surface area contributed by atoms with Gasteiger partial charge in [-0.25, -0.2) is 0 Å². The van der Waals surface area contributed by atoms with Crippen molar-refractivity contribution in [3.05, 3.63) is 0 Å². The fourth-order valence-electron chi connectivity index (χ4n) is 3.38. The summed E-state index contributed by atoms with van der Waals surface area (Å²) in [7, 11) is 1.81. The largest absolute Gasteiger partial charge is 0.463 e. The lowest BCUT2D eigenvalue weighted by molar-refractivity contribution is 0.292. The summed E-state index contributed by atoms with van der Waals surface area (Å²) < 4.78 is 5.52. The lowest BCUT2D eigenvalue weighted by Gasteiger charge is -2.23. The van der Waals surface area contributed by atoms with Crippen molar-refractivity contribution < 1.29 is 4.74 Å².